The zero-order chi connectivity index (χ0) is 18.7. The number of amides is 1. The van der Waals surface area contributed by atoms with Crippen LogP contribution in [-0.2, 0) is 14.8 Å². The predicted molar refractivity (Wildman–Crippen MR) is 102 cm³/mol. The third-order valence-electron chi connectivity index (χ3n) is 5.31. The Morgan fingerprint density at radius 3 is 2.38 bits per heavy atom. The number of benzene rings is 1. The lowest BCUT2D eigenvalue weighted by atomic mass is 10.2. The van der Waals surface area contributed by atoms with Gasteiger partial charge >= 0.3 is 0 Å². The first kappa shape index (κ1) is 19.3. The second kappa shape index (κ2) is 8.06. The molecule has 26 heavy (non-hydrogen) atoms. The highest BCUT2D eigenvalue weighted by Crippen LogP contribution is 2.22. The number of aryl methyl sites for hydroxylation is 2. The van der Waals surface area contributed by atoms with Crippen molar-refractivity contribution in [3.8, 4) is 0 Å². The molecule has 0 spiro atoms. The molecule has 144 valence electrons. The Morgan fingerprint density at radius 2 is 1.69 bits per heavy atom. The second-order valence-electron chi connectivity index (χ2n) is 7.39. The van der Waals surface area contributed by atoms with E-state index in [0.717, 1.165) is 50.0 Å². The number of sulfonamides is 1. The summed E-state index contributed by atoms with van der Waals surface area (Å²) in [4.78, 5) is 16.8. The maximum atomic E-state index is 13.0. The summed E-state index contributed by atoms with van der Waals surface area (Å²) < 4.78 is 27.7. The van der Waals surface area contributed by atoms with Gasteiger partial charge in [0.2, 0.25) is 15.9 Å². The molecule has 0 N–H and O–H groups in total. The van der Waals surface area contributed by atoms with E-state index in [0.29, 0.717) is 31.1 Å². The van der Waals surface area contributed by atoms with Gasteiger partial charge in [-0.05, 0) is 51.3 Å². The minimum atomic E-state index is -3.49. The molecular formula is C19H29N3O3S. The number of likely N-dealkylation sites (tertiary alicyclic amines) is 1. The minimum Gasteiger partial charge on any atom is -0.342 e. The molecule has 1 aromatic rings. The highest BCUT2D eigenvalue weighted by Gasteiger charge is 2.29. The van der Waals surface area contributed by atoms with E-state index in [4.69, 9.17) is 0 Å². The number of carbonyl (C=O) groups is 1. The molecule has 0 saturated carbocycles. The number of hydrogen-bond donors (Lipinski definition) is 0. The number of carbonyl (C=O) groups excluding carboxylic acids is 1. The Morgan fingerprint density at radius 1 is 0.962 bits per heavy atom. The SMILES string of the molecule is Cc1ccc(S(=O)(=O)N2CCCN(CC(=O)N3CCCC3)CC2)c(C)c1. The van der Waals surface area contributed by atoms with Crippen LogP contribution in [0, 0.1) is 13.8 Å². The van der Waals surface area contributed by atoms with Crippen LogP contribution in [0.15, 0.2) is 23.1 Å². The van der Waals surface area contributed by atoms with Crippen molar-refractivity contribution in [1.29, 1.82) is 0 Å². The highest BCUT2D eigenvalue weighted by atomic mass is 32.2. The molecule has 2 aliphatic rings. The molecule has 6 nitrogen and oxygen atoms in total. The summed E-state index contributed by atoms with van der Waals surface area (Å²) in [6.07, 6.45) is 2.93. The molecule has 2 saturated heterocycles. The first-order valence-electron chi connectivity index (χ1n) is 9.45. The van der Waals surface area contributed by atoms with Crippen molar-refractivity contribution in [1.82, 2.24) is 14.1 Å². The summed E-state index contributed by atoms with van der Waals surface area (Å²) in [6, 6.07) is 5.46. The van der Waals surface area contributed by atoms with Crippen LogP contribution in [0.1, 0.15) is 30.4 Å². The van der Waals surface area contributed by atoms with Gasteiger partial charge in [0.25, 0.3) is 0 Å². The molecule has 0 bridgehead atoms. The van der Waals surface area contributed by atoms with Gasteiger partial charge in [0.15, 0.2) is 0 Å². The van der Waals surface area contributed by atoms with Crippen molar-refractivity contribution in [2.75, 3.05) is 45.8 Å². The van der Waals surface area contributed by atoms with Gasteiger partial charge < -0.3 is 4.90 Å². The quantitative estimate of drug-likeness (QED) is 0.798. The molecule has 0 aliphatic carbocycles. The fourth-order valence-corrected chi connectivity index (χ4v) is 5.51. The molecule has 7 heteroatoms. The van der Waals surface area contributed by atoms with Crippen LogP contribution < -0.4 is 0 Å². The van der Waals surface area contributed by atoms with Gasteiger partial charge in [0.05, 0.1) is 11.4 Å². The number of nitrogens with zero attached hydrogens (tertiary/aromatic N) is 3. The van der Waals surface area contributed by atoms with E-state index in [1.54, 1.807) is 10.4 Å². The molecule has 0 aromatic heterocycles. The van der Waals surface area contributed by atoms with E-state index in [1.807, 2.05) is 30.9 Å². The van der Waals surface area contributed by atoms with E-state index < -0.39 is 10.0 Å². The summed E-state index contributed by atoms with van der Waals surface area (Å²) in [7, 11) is -3.49. The molecular weight excluding hydrogens is 350 g/mol. The molecule has 0 atom stereocenters. The van der Waals surface area contributed by atoms with Crippen molar-refractivity contribution in [3.05, 3.63) is 29.3 Å². The third kappa shape index (κ3) is 4.27. The largest absolute Gasteiger partial charge is 0.342 e. The first-order valence-corrected chi connectivity index (χ1v) is 10.9. The molecule has 0 radical (unpaired) electrons. The standard InChI is InChI=1S/C19H29N3O3S/c1-16-6-7-18(17(2)14-16)26(24,25)22-11-5-8-20(12-13-22)15-19(23)21-9-3-4-10-21/h6-7,14H,3-5,8-13,15H2,1-2H3. The lowest BCUT2D eigenvalue weighted by molar-refractivity contribution is -0.131. The second-order valence-corrected chi connectivity index (χ2v) is 9.30. The van der Waals surface area contributed by atoms with Crippen molar-refractivity contribution in [2.45, 2.75) is 38.0 Å². The van der Waals surface area contributed by atoms with Crippen LogP contribution in [-0.4, -0.2) is 74.2 Å². The smallest absolute Gasteiger partial charge is 0.243 e. The molecule has 2 aliphatic heterocycles. The van der Waals surface area contributed by atoms with E-state index in [2.05, 4.69) is 4.90 Å². The highest BCUT2D eigenvalue weighted by molar-refractivity contribution is 7.89. The molecule has 1 aromatic carbocycles. The van der Waals surface area contributed by atoms with Gasteiger partial charge in [0.1, 0.15) is 0 Å². The van der Waals surface area contributed by atoms with Crippen molar-refractivity contribution in [2.24, 2.45) is 0 Å². The summed E-state index contributed by atoms with van der Waals surface area (Å²) in [5.74, 6) is 0.174. The zero-order valence-corrected chi connectivity index (χ0v) is 16.6. The van der Waals surface area contributed by atoms with Crippen molar-refractivity contribution in [3.63, 3.8) is 0 Å². The van der Waals surface area contributed by atoms with Crippen LogP contribution in [0.2, 0.25) is 0 Å². The fourth-order valence-electron chi connectivity index (χ4n) is 3.83. The average Bonchev–Trinajstić information content (AvgIpc) is 3.01. The van der Waals surface area contributed by atoms with Crippen molar-refractivity contribution >= 4 is 15.9 Å². The van der Waals surface area contributed by atoms with Gasteiger partial charge in [0, 0.05) is 32.7 Å². The number of rotatable bonds is 4. The molecule has 0 unspecified atom stereocenters. The maximum absolute atomic E-state index is 13.0. The summed E-state index contributed by atoms with van der Waals surface area (Å²) in [5.41, 5.74) is 1.85. The number of hydrogen-bond acceptors (Lipinski definition) is 4. The van der Waals surface area contributed by atoms with Gasteiger partial charge in [-0.2, -0.15) is 4.31 Å². The molecule has 3 rings (SSSR count). The van der Waals surface area contributed by atoms with Crippen LogP contribution in [0.4, 0.5) is 0 Å². The Hall–Kier alpha value is -1.44. The lowest BCUT2D eigenvalue weighted by Gasteiger charge is -2.24. The Labute approximate surface area is 156 Å². The minimum absolute atomic E-state index is 0.174. The van der Waals surface area contributed by atoms with Gasteiger partial charge in [-0.15, -0.1) is 0 Å². The Kier molecular flexibility index (Phi) is 5.99. The fraction of sp³-hybridized carbons (Fsp3) is 0.632. The maximum Gasteiger partial charge on any atom is 0.243 e. The van der Waals surface area contributed by atoms with Crippen LogP contribution in [0.3, 0.4) is 0 Å². The van der Waals surface area contributed by atoms with Gasteiger partial charge in [-0.25, -0.2) is 8.42 Å². The lowest BCUT2D eigenvalue weighted by Crippen LogP contribution is -2.41. The predicted octanol–water partition coefficient (Wildman–Crippen LogP) is 1.62. The Bertz CT molecular complexity index is 757. The van der Waals surface area contributed by atoms with Crippen LogP contribution in [0.5, 0.6) is 0 Å². The van der Waals surface area contributed by atoms with Gasteiger partial charge in [-0.1, -0.05) is 17.7 Å². The average molecular weight is 380 g/mol. The first-order chi connectivity index (χ1) is 12.4. The van der Waals surface area contributed by atoms with Gasteiger partial charge in [-0.3, -0.25) is 9.69 Å². The summed E-state index contributed by atoms with van der Waals surface area (Å²) >= 11 is 0. The van der Waals surface area contributed by atoms with E-state index in [9.17, 15) is 13.2 Å². The van der Waals surface area contributed by atoms with Crippen LogP contribution in [0.25, 0.3) is 0 Å². The van der Waals surface area contributed by atoms with Crippen LogP contribution >= 0.6 is 0 Å². The van der Waals surface area contributed by atoms with E-state index >= 15 is 0 Å². The zero-order valence-electron chi connectivity index (χ0n) is 15.8. The van der Waals surface area contributed by atoms with E-state index in [-0.39, 0.29) is 5.91 Å². The third-order valence-corrected chi connectivity index (χ3v) is 7.37. The molecule has 2 heterocycles. The Balaban J connectivity index is 1.65. The topological polar surface area (TPSA) is 60.9 Å². The van der Waals surface area contributed by atoms with E-state index in [1.165, 1.54) is 0 Å². The summed E-state index contributed by atoms with van der Waals surface area (Å²) in [5, 5.41) is 0. The monoisotopic (exact) mass is 379 g/mol. The molecule has 2 fully saturated rings. The molecule has 1 amide bonds. The van der Waals surface area contributed by atoms with Crippen molar-refractivity contribution < 1.29 is 13.2 Å². The summed E-state index contributed by atoms with van der Waals surface area (Å²) in [6.45, 7) is 8.23. The normalized spacial score (nSPS) is 20.3.